The summed E-state index contributed by atoms with van der Waals surface area (Å²) < 4.78 is 14.5. The number of phenolic OH excluding ortho intramolecular Hbond substituents is 2. The summed E-state index contributed by atoms with van der Waals surface area (Å²) in [7, 11) is 0. The number of pyridine rings is 1. The molecule has 0 fully saturated rings. The molecule has 0 saturated carbocycles. The Hall–Kier alpha value is -2.62. The van der Waals surface area contributed by atoms with Crippen LogP contribution in [0.15, 0.2) is 42.6 Å². The van der Waals surface area contributed by atoms with Crippen molar-refractivity contribution in [1.29, 1.82) is 0 Å². The first-order chi connectivity index (χ1) is 10.5. The molecule has 0 aliphatic heterocycles. The Bertz CT molecular complexity index is 859. The van der Waals surface area contributed by atoms with Gasteiger partial charge in [-0.1, -0.05) is 38.1 Å². The van der Waals surface area contributed by atoms with Gasteiger partial charge >= 0.3 is 0 Å². The van der Waals surface area contributed by atoms with Gasteiger partial charge in [0.2, 0.25) is 0 Å². The van der Waals surface area contributed by atoms with Crippen molar-refractivity contribution in [3.05, 3.63) is 54.0 Å². The van der Waals surface area contributed by atoms with Crippen molar-refractivity contribution >= 4 is 10.8 Å². The van der Waals surface area contributed by atoms with E-state index in [1.165, 1.54) is 6.07 Å². The Morgan fingerprint density at radius 1 is 1.05 bits per heavy atom. The highest BCUT2D eigenvalue weighted by atomic mass is 19.1. The molecule has 112 valence electrons. The lowest BCUT2D eigenvalue weighted by Crippen LogP contribution is -1.96. The van der Waals surface area contributed by atoms with Gasteiger partial charge in [0, 0.05) is 22.7 Å². The van der Waals surface area contributed by atoms with Crippen molar-refractivity contribution in [3.63, 3.8) is 0 Å². The Balaban J connectivity index is 2.22. The SMILES string of the molecule is CC(C)c1c(O)cc(-c2cc3ccccc3cn2)c(F)c1O. The fourth-order valence-electron chi connectivity index (χ4n) is 2.63. The smallest absolute Gasteiger partial charge is 0.174 e. The lowest BCUT2D eigenvalue weighted by molar-refractivity contribution is 0.406. The largest absolute Gasteiger partial charge is 0.507 e. The predicted octanol–water partition coefficient (Wildman–Crippen LogP) is 4.58. The van der Waals surface area contributed by atoms with E-state index in [1.54, 1.807) is 26.1 Å². The fraction of sp³-hybridized carbons (Fsp3) is 0.167. The molecule has 0 amide bonds. The van der Waals surface area contributed by atoms with E-state index in [4.69, 9.17) is 0 Å². The number of aromatic hydroxyl groups is 2. The average molecular weight is 297 g/mol. The van der Waals surface area contributed by atoms with Crippen molar-refractivity contribution in [1.82, 2.24) is 4.98 Å². The molecule has 2 N–H and O–H groups in total. The van der Waals surface area contributed by atoms with Crippen LogP contribution in [0.4, 0.5) is 4.39 Å². The first kappa shape index (κ1) is 14.3. The van der Waals surface area contributed by atoms with Gasteiger partial charge < -0.3 is 10.2 Å². The van der Waals surface area contributed by atoms with Gasteiger partial charge in [0.1, 0.15) is 5.75 Å². The Kier molecular flexibility index (Phi) is 3.45. The van der Waals surface area contributed by atoms with Gasteiger partial charge in [0.25, 0.3) is 0 Å². The van der Waals surface area contributed by atoms with Crippen LogP contribution in [0.25, 0.3) is 22.0 Å². The van der Waals surface area contributed by atoms with Crippen LogP contribution in [0.1, 0.15) is 25.3 Å². The first-order valence-electron chi connectivity index (χ1n) is 7.08. The molecule has 3 nitrogen and oxygen atoms in total. The molecule has 4 heteroatoms. The maximum Gasteiger partial charge on any atom is 0.174 e. The quantitative estimate of drug-likeness (QED) is 0.728. The normalized spacial score (nSPS) is 11.3. The number of fused-ring (bicyclic) bond motifs is 1. The number of rotatable bonds is 2. The molecule has 22 heavy (non-hydrogen) atoms. The van der Waals surface area contributed by atoms with Gasteiger partial charge in [-0.25, -0.2) is 4.39 Å². The molecule has 0 atom stereocenters. The Morgan fingerprint density at radius 2 is 1.73 bits per heavy atom. The minimum atomic E-state index is -0.760. The van der Waals surface area contributed by atoms with E-state index in [1.807, 2.05) is 24.3 Å². The van der Waals surface area contributed by atoms with Crippen molar-refractivity contribution in [2.45, 2.75) is 19.8 Å². The standard InChI is InChI=1S/C18H16FNO2/c1-10(2)16-15(21)8-13(17(19)18(16)22)14-7-11-5-3-4-6-12(11)9-20-14/h3-10,21-22H,1-2H3. The first-order valence-corrected chi connectivity index (χ1v) is 7.08. The van der Waals surface area contributed by atoms with Crippen LogP contribution in [0.3, 0.4) is 0 Å². The number of halogens is 1. The lowest BCUT2D eigenvalue weighted by Gasteiger charge is -2.14. The monoisotopic (exact) mass is 297 g/mol. The van der Waals surface area contributed by atoms with Crippen LogP contribution in [0, 0.1) is 5.82 Å². The summed E-state index contributed by atoms with van der Waals surface area (Å²) in [4.78, 5) is 4.23. The molecular weight excluding hydrogens is 281 g/mol. The topological polar surface area (TPSA) is 53.4 Å². The zero-order chi connectivity index (χ0) is 15.9. The minimum absolute atomic E-state index is 0.0881. The van der Waals surface area contributed by atoms with Gasteiger partial charge in [-0.3, -0.25) is 4.98 Å². The van der Waals surface area contributed by atoms with Crippen molar-refractivity contribution in [2.24, 2.45) is 0 Å². The number of hydrogen-bond donors (Lipinski definition) is 2. The molecule has 0 unspecified atom stereocenters. The molecule has 3 aromatic rings. The van der Waals surface area contributed by atoms with Gasteiger partial charge in [-0.2, -0.15) is 0 Å². The van der Waals surface area contributed by atoms with Crippen LogP contribution >= 0.6 is 0 Å². The number of aromatic nitrogens is 1. The molecule has 1 aromatic heterocycles. The van der Waals surface area contributed by atoms with E-state index in [0.29, 0.717) is 5.69 Å². The van der Waals surface area contributed by atoms with Crippen molar-refractivity contribution < 1.29 is 14.6 Å². The van der Waals surface area contributed by atoms with Crippen molar-refractivity contribution in [3.8, 4) is 22.8 Å². The second kappa shape index (κ2) is 5.30. The second-order valence-corrected chi connectivity index (χ2v) is 5.59. The molecule has 2 aromatic carbocycles. The average Bonchev–Trinajstić information content (AvgIpc) is 2.50. The van der Waals surface area contributed by atoms with Crippen LogP contribution in [0.2, 0.25) is 0 Å². The van der Waals surface area contributed by atoms with E-state index < -0.39 is 11.6 Å². The van der Waals surface area contributed by atoms with Crippen LogP contribution < -0.4 is 0 Å². The van der Waals surface area contributed by atoms with E-state index in [9.17, 15) is 14.6 Å². The van der Waals surface area contributed by atoms with Crippen LogP contribution in [-0.4, -0.2) is 15.2 Å². The highest BCUT2D eigenvalue weighted by Crippen LogP contribution is 2.40. The zero-order valence-electron chi connectivity index (χ0n) is 12.3. The fourth-order valence-corrected chi connectivity index (χ4v) is 2.63. The summed E-state index contributed by atoms with van der Waals surface area (Å²) in [5, 5.41) is 22.0. The van der Waals surface area contributed by atoms with E-state index >= 15 is 0 Å². The van der Waals surface area contributed by atoms with E-state index in [0.717, 1.165) is 10.8 Å². The highest BCUT2D eigenvalue weighted by molar-refractivity contribution is 5.85. The zero-order valence-corrected chi connectivity index (χ0v) is 12.3. The Morgan fingerprint density at radius 3 is 2.41 bits per heavy atom. The minimum Gasteiger partial charge on any atom is -0.507 e. The molecule has 3 rings (SSSR count). The van der Waals surface area contributed by atoms with Gasteiger partial charge in [-0.05, 0) is 23.4 Å². The van der Waals surface area contributed by atoms with Gasteiger partial charge in [0.05, 0.1) is 5.69 Å². The summed E-state index contributed by atoms with van der Waals surface area (Å²) >= 11 is 0. The summed E-state index contributed by atoms with van der Waals surface area (Å²) in [6.45, 7) is 3.56. The molecule has 1 heterocycles. The molecule has 0 saturated heterocycles. The predicted molar refractivity (Wildman–Crippen MR) is 84.6 cm³/mol. The molecular formula is C18H16FNO2. The third kappa shape index (κ3) is 2.26. The number of benzene rings is 2. The maximum atomic E-state index is 14.5. The van der Waals surface area contributed by atoms with Gasteiger partial charge in [0.15, 0.2) is 11.6 Å². The molecule has 0 aliphatic rings. The number of nitrogens with zero attached hydrogens (tertiary/aromatic N) is 1. The Labute approximate surface area is 127 Å². The van der Waals surface area contributed by atoms with E-state index in [2.05, 4.69) is 4.98 Å². The molecule has 0 spiro atoms. The van der Waals surface area contributed by atoms with Gasteiger partial charge in [-0.15, -0.1) is 0 Å². The number of hydrogen-bond acceptors (Lipinski definition) is 3. The summed E-state index contributed by atoms with van der Waals surface area (Å²) in [6.07, 6.45) is 1.65. The van der Waals surface area contributed by atoms with Crippen molar-refractivity contribution in [2.75, 3.05) is 0 Å². The maximum absolute atomic E-state index is 14.5. The summed E-state index contributed by atoms with van der Waals surface area (Å²) in [5.41, 5.74) is 0.671. The summed E-state index contributed by atoms with van der Waals surface area (Å²) in [5.74, 6) is -1.59. The van der Waals surface area contributed by atoms with Crippen LogP contribution in [-0.2, 0) is 0 Å². The molecule has 0 aliphatic carbocycles. The molecule has 0 radical (unpaired) electrons. The van der Waals surface area contributed by atoms with E-state index in [-0.39, 0.29) is 22.8 Å². The number of phenols is 2. The lowest BCUT2D eigenvalue weighted by atomic mass is 9.96. The van der Waals surface area contributed by atoms with Crippen LogP contribution in [0.5, 0.6) is 11.5 Å². The molecule has 0 bridgehead atoms. The third-order valence-corrected chi connectivity index (χ3v) is 3.74. The third-order valence-electron chi connectivity index (χ3n) is 3.74. The second-order valence-electron chi connectivity index (χ2n) is 5.59. The highest BCUT2D eigenvalue weighted by Gasteiger charge is 2.21. The summed E-state index contributed by atoms with van der Waals surface area (Å²) in [6, 6.07) is 10.7.